The predicted molar refractivity (Wildman–Crippen MR) is 104 cm³/mol. The first-order valence-electron chi connectivity index (χ1n) is 9.02. The second-order valence-corrected chi connectivity index (χ2v) is 13.2. The van der Waals surface area contributed by atoms with Crippen LogP contribution in [0.15, 0.2) is 0 Å². The molecule has 0 saturated carbocycles. The van der Waals surface area contributed by atoms with Crippen LogP contribution in [0.3, 0.4) is 0 Å². The molecule has 0 radical (unpaired) electrons. The summed E-state index contributed by atoms with van der Waals surface area (Å²) in [6.07, 6.45) is 0.315. The summed E-state index contributed by atoms with van der Waals surface area (Å²) in [6, 6.07) is -1.52. The normalized spacial score (nSPS) is 14.5. The van der Waals surface area contributed by atoms with Crippen LogP contribution in [0.1, 0.15) is 48.0 Å². The van der Waals surface area contributed by atoms with Crippen molar-refractivity contribution in [3.63, 3.8) is 0 Å². The Balaban J connectivity index is 4.98. The third-order valence-electron chi connectivity index (χ3n) is 4.79. The maximum atomic E-state index is 12.5. The zero-order valence-electron chi connectivity index (χ0n) is 17.7. The molecule has 0 rings (SSSR count). The van der Waals surface area contributed by atoms with Crippen molar-refractivity contribution >= 4 is 26.1 Å². The summed E-state index contributed by atoms with van der Waals surface area (Å²) in [5, 5.41) is 5.36. The molecule has 2 N–H and O–H groups in total. The highest BCUT2D eigenvalue weighted by molar-refractivity contribution is 6.74. The van der Waals surface area contributed by atoms with Gasteiger partial charge in [-0.1, -0.05) is 34.6 Å². The van der Waals surface area contributed by atoms with Crippen LogP contribution in [0.2, 0.25) is 18.1 Å². The smallest absolute Gasteiger partial charge is 0.328 e. The molecule has 0 spiro atoms. The molecular formula is C18H36N2O5Si. The number of carbonyl (C=O) groups excluding carboxylic acids is 3. The quantitative estimate of drug-likeness (QED) is 0.467. The fraction of sp³-hybridized carbons (Fsp3) is 0.833. The molecular weight excluding hydrogens is 352 g/mol. The van der Waals surface area contributed by atoms with Crippen molar-refractivity contribution < 1.29 is 23.5 Å². The molecule has 0 bridgehead atoms. The Kier molecular flexibility index (Phi) is 9.51. The molecule has 0 aromatic heterocycles. The topological polar surface area (TPSA) is 93.7 Å². The van der Waals surface area contributed by atoms with Crippen molar-refractivity contribution in [2.75, 3.05) is 13.7 Å². The van der Waals surface area contributed by atoms with E-state index in [9.17, 15) is 14.4 Å². The second kappa shape index (κ2) is 10.1. The molecule has 0 aliphatic carbocycles. The first kappa shape index (κ1) is 24.6. The molecule has 0 aromatic carbocycles. The van der Waals surface area contributed by atoms with E-state index >= 15 is 0 Å². The Morgan fingerprint density at radius 3 is 2.00 bits per heavy atom. The van der Waals surface area contributed by atoms with Gasteiger partial charge in [-0.3, -0.25) is 9.59 Å². The van der Waals surface area contributed by atoms with E-state index in [4.69, 9.17) is 9.16 Å². The largest absolute Gasteiger partial charge is 0.467 e. The molecule has 152 valence electrons. The van der Waals surface area contributed by atoms with Crippen LogP contribution >= 0.6 is 0 Å². The van der Waals surface area contributed by atoms with E-state index in [2.05, 4.69) is 44.5 Å². The van der Waals surface area contributed by atoms with Crippen molar-refractivity contribution in [3.8, 4) is 0 Å². The van der Waals surface area contributed by atoms with Gasteiger partial charge in [-0.25, -0.2) is 4.79 Å². The Morgan fingerprint density at radius 2 is 1.62 bits per heavy atom. The minimum atomic E-state index is -1.94. The van der Waals surface area contributed by atoms with Crippen LogP contribution in [-0.4, -0.2) is 51.9 Å². The number of hydrogen-bond donors (Lipinski definition) is 2. The first-order chi connectivity index (χ1) is 11.7. The van der Waals surface area contributed by atoms with Crippen molar-refractivity contribution in [2.45, 2.75) is 78.2 Å². The molecule has 7 nitrogen and oxygen atoms in total. The number of hydrogen-bond acceptors (Lipinski definition) is 5. The Morgan fingerprint density at radius 1 is 1.08 bits per heavy atom. The van der Waals surface area contributed by atoms with E-state index in [-0.39, 0.29) is 16.9 Å². The van der Waals surface area contributed by atoms with Crippen molar-refractivity contribution in [3.05, 3.63) is 0 Å². The zero-order valence-corrected chi connectivity index (χ0v) is 18.7. The van der Waals surface area contributed by atoms with Crippen LogP contribution in [-0.2, 0) is 23.5 Å². The van der Waals surface area contributed by atoms with Crippen molar-refractivity contribution in [2.24, 2.45) is 5.92 Å². The summed E-state index contributed by atoms with van der Waals surface area (Å²) in [6.45, 7) is 16.0. The number of methoxy groups -OCH3 is 1. The minimum absolute atomic E-state index is 0.0607. The average molecular weight is 389 g/mol. The van der Waals surface area contributed by atoms with Gasteiger partial charge in [-0.05, 0) is 24.1 Å². The lowest BCUT2D eigenvalue weighted by atomic mass is 10.0. The van der Waals surface area contributed by atoms with Gasteiger partial charge in [-0.15, -0.1) is 0 Å². The highest BCUT2D eigenvalue weighted by Gasteiger charge is 2.37. The lowest BCUT2D eigenvalue weighted by molar-refractivity contribution is -0.146. The molecule has 2 atom stereocenters. The SMILES string of the molecule is COC(=O)[C@H](CCO[Si](C)(C)C(C)(C)C)NC(=O)[C@H](NC(C)=O)C(C)C. The monoisotopic (exact) mass is 388 g/mol. The fourth-order valence-electron chi connectivity index (χ4n) is 2.06. The van der Waals surface area contributed by atoms with Crippen LogP contribution < -0.4 is 10.6 Å². The van der Waals surface area contributed by atoms with Crippen LogP contribution in [0, 0.1) is 5.92 Å². The summed E-state index contributed by atoms with van der Waals surface area (Å²) in [5.74, 6) is -1.34. The minimum Gasteiger partial charge on any atom is -0.467 e. The van der Waals surface area contributed by atoms with Gasteiger partial charge in [0.05, 0.1) is 7.11 Å². The lowest BCUT2D eigenvalue weighted by Gasteiger charge is -2.36. The van der Waals surface area contributed by atoms with Gasteiger partial charge >= 0.3 is 5.97 Å². The zero-order chi connectivity index (χ0) is 20.7. The second-order valence-electron chi connectivity index (χ2n) is 8.40. The number of esters is 1. The molecule has 0 heterocycles. The predicted octanol–water partition coefficient (Wildman–Crippen LogP) is 2.22. The highest BCUT2D eigenvalue weighted by Crippen LogP contribution is 2.36. The van der Waals surface area contributed by atoms with Gasteiger partial charge in [0, 0.05) is 20.0 Å². The summed E-state index contributed by atoms with van der Waals surface area (Å²) < 4.78 is 10.9. The Hall–Kier alpha value is -1.41. The standard InChI is InChI=1S/C18H36N2O5Si/c1-12(2)15(19-13(3)21)16(22)20-14(17(23)24-7)10-11-25-26(8,9)18(4,5)6/h12,14-15H,10-11H2,1-9H3,(H,19,21)(H,20,22)/t14-,15+/m0/s1. The Bertz CT molecular complexity index is 500. The van der Waals surface area contributed by atoms with Crippen molar-refractivity contribution in [1.29, 1.82) is 0 Å². The van der Waals surface area contributed by atoms with Gasteiger partial charge in [0.1, 0.15) is 12.1 Å². The number of rotatable bonds is 9. The molecule has 0 saturated heterocycles. The average Bonchev–Trinajstić information content (AvgIpc) is 2.48. The molecule has 8 heteroatoms. The maximum Gasteiger partial charge on any atom is 0.328 e. The van der Waals surface area contributed by atoms with E-state index < -0.39 is 32.3 Å². The van der Waals surface area contributed by atoms with Gasteiger partial charge in [-0.2, -0.15) is 0 Å². The summed E-state index contributed by atoms with van der Waals surface area (Å²) in [5.41, 5.74) is 0. The van der Waals surface area contributed by atoms with Crippen LogP contribution in [0.25, 0.3) is 0 Å². The maximum absolute atomic E-state index is 12.5. The van der Waals surface area contributed by atoms with Gasteiger partial charge in [0.25, 0.3) is 0 Å². The van der Waals surface area contributed by atoms with E-state index in [0.29, 0.717) is 13.0 Å². The number of ether oxygens (including phenoxy) is 1. The van der Waals surface area contributed by atoms with Gasteiger partial charge < -0.3 is 19.8 Å². The molecule has 0 fully saturated rings. The molecule has 2 amide bonds. The van der Waals surface area contributed by atoms with E-state index in [1.807, 2.05) is 13.8 Å². The first-order valence-corrected chi connectivity index (χ1v) is 11.9. The van der Waals surface area contributed by atoms with Gasteiger partial charge in [0.15, 0.2) is 8.32 Å². The molecule has 0 aliphatic heterocycles. The Labute approximate surface area is 158 Å². The van der Waals surface area contributed by atoms with Crippen LogP contribution in [0.5, 0.6) is 0 Å². The highest BCUT2D eigenvalue weighted by atomic mass is 28.4. The van der Waals surface area contributed by atoms with E-state index in [0.717, 1.165) is 0 Å². The van der Waals surface area contributed by atoms with E-state index in [1.165, 1.54) is 14.0 Å². The number of nitrogens with one attached hydrogen (secondary N) is 2. The number of carbonyl (C=O) groups is 3. The van der Waals surface area contributed by atoms with E-state index in [1.54, 1.807) is 0 Å². The summed E-state index contributed by atoms with van der Waals surface area (Å²) in [7, 11) is -0.658. The van der Waals surface area contributed by atoms with Crippen LogP contribution in [0.4, 0.5) is 0 Å². The molecule has 0 aromatic rings. The number of amides is 2. The summed E-state index contributed by atoms with van der Waals surface area (Å²) in [4.78, 5) is 35.9. The van der Waals surface area contributed by atoms with Gasteiger partial charge in [0.2, 0.25) is 11.8 Å². The molecule has 0 unspecified atom stereocenters. The van der Waals surface area contributed by atoms with Crippen molar-refractivity contribution in [1.82, 2.24) is 10.6 Å². The third-order valence-corrected chi connectivity index (χ3v) is 9.32. The summed E-state index contributed by atoms with van der Waals surface area (Å²) >= 11 is 0. The fourth-order valence-corrected chi connectivity index (χ4v) is 3.12. The lowest BCUT2D eigenvalue weighted by Crippen LogP contribution is -2.54. The molecule has 0 aliphatic rings. The third kappa shape index (κ3) is 7.86. The molecule has 26 heavy (non-hydrogen) atoms.